The van der Waals surface area contributed by atoms with E-state index in [0.717, 1.165) is 6.42 Å². The van der Waals surface area contributed by atoms with Crippen LogP contribution in [-0.4, -0.2) is 23.3 Å². The molecule has 1 saturated heterocycles. The van der Waals surface area contributed by atoms with Crippen molar-refractivity contribution in [1.29, 1.82) is 0 Å². The monoisotopic (exact) mass is 275 g/mol. The molecule has 20 heavy (non-hydrogen) atoms. The highest BCUT2D eigenvalue weighted by molar-refractivity contribution is 6.04. The summed E-state index contributed by atoms with van der Waals surface area (Å²) < 4.78 is 5.84. The van der Waals surface area contributed by atoms with Crippen LogP contribution in [0, 0.1) is 0 Å². The van der Waals surface area contributed by atoms with Crippen LogP contribution in [0.4, 0.5) is 0 Å². The zero-order chi connectivity index (χ0) is 14.8. The number of benzene rings is 1. The van der Waals surface area contributed by atoms with Crippen molar-refractivity contribution in [2.75, 3.05) is 0 Å². The number of amides is 1. The Labute approximate surface area is 119 Å². The van der Waals surface area contributed by atoms with Crippen molar-refractivity contribution in [3.63, 3.8) is 0 Å². The fourth-order valence-electron chi connectivity index (χ4n) is 2.28. The van der Waals surface area contributed by atoms with E-state index >= 15 is 0 Å². The zero-order valence-corrected chi connectivity index (χ0v) is 12.2. The maximum Gasteiger partial charge on any atom is 0.220 e. The Kier molecular flexibility index (Phi) is 4.12. The molecule has 4 nitrogen and oxygen atoms in total. The third-order valence-corrected chi connectivity index (χ3v) is 3.12. The van der Waals surface area contributed by atoms with Crippen molar-refractivity contribution >= 4 is 11.7 Å². The van der Waals surface area contributed by atoms with Crippen LogP contribution in [0.5, 0.6) is 5.75 Å². The van der Waals surface area contributed by atoms with Gasteiger partial charge in [-0.05, 0) is 45.7 Å². The highest BCUT2D eigenvalue weighted by atomic mass is 16.5. The average molecular weight is 275 g/mol. The number of Topliss-reactive ketones (excluding diaryl/α,β-unsaturated/α-hetero) is 1. The Bertz CT molecular complexity index is 517. The quantitative estimate of drug-likeness (QED) is 0.863. The predicted molar refractivity (Wildman–Crippen MR) is 76.9 cm³/mol. The lowest BCUT2D eigenvalue weighted by molar-refractivity contribution is -0.122. The van der Waals surface area contributed by atoms with Crippen LogP contribution in [0.2, 0.25) is 0 Å². The van der Waals surface area contributed by atoms with Gasteiger partial charge < -0.3 is 10.1 Å². The molecular weight excluding hydrogens is 254 g/mol. The summed E-state index contributed by atoms with van der Waals surface area (Å²) in [5.41, 5.74) is 0.168. The maximum atomic E-state index is 12.6. The summed E-state index contributed by atoms with van der Waals surface area (Å²) in [6.07, 6.45) is 1.95. The van der Waals surface area contributed by atoms with E-state index in [1.54, 1.807) is 12.1 Å². The second kappa shape index (κ2) is 5.65. The van der Waals surface area contributed by atoms with Crippen molar-refractivity contribution in [3.8, 4) is 5.75 Å². The van der Waals surface area contributed by atoms with Gasteiger partial charge in [-0.15, -0.1) is 0 Å². The summed E-state index contributed by atoms with van der Waals surface area (Å²) in [6, 6.07) is 6.78. The summed E-state index contributed by atoms with van der Waals surface area (Å²) in [6.45, 7) is 5.82. The lowest BCUT2D eigenvalue weighted by atomic mass is 9.95. The summed E-state index contributed by atoms with van der Waals surface area (Å²) in [5, 5.41) is 2.76. The fraction of sp³-hybridized carbons (Fsp3) is 0.500. The van der Waals surface area contributed by atoms with E-state index in [4.69, 9.17) is 4.74 Å². The summed E-state index contributed by atoms with van der Waals surface area (Å²) in [4.78, 5) is 24.0. The van der Waals surface area contributed by atoms with Gasteiger partial charge in [0.25, 0.3) is 0 Å². The molecule has 0 aromatic heterocycles. The number of rotatable bonds is 3. The highest BCUT2D eigenvalue weighted by Crippen LogP contribution is 2.25. The van der Waals surface area contributed by atoms with E-state index in [9.17, 15) is 9.59 Å². The normalized spacial score (nSPS) is 19.4. The van der Waals surface area contributed by atoms with Crippen LogP contribution >= 0.6 is 0 Å². The molecule has 4 heteroatoms. The lowest BCUT2D eigenvalue weighted by Crippen LogP contribution is -2.44. The minimum atomic E-state index is -0.430. The number of ether oxygens (including phenoxy) is 1. The zero-order valence-electron chi connectivity index (χ0n) is 12.2. The maximum absolute atomic E-state index is 12.6. The Morgan fingerprint density at radius 2 is 2.00 bits per heavy atom. The van der Waals surface area contributed by atoms with Crippen molar-refractivity contribution in [1.82, 2.24) is 5.32 Å². The minimum Gasteiger partial charge on any atom is -0.487 e. The number of carbonyl (C=O) groups is 2. The second-order valence-corrected chi connectivity index (χ2v) is 6.09. The van der Waals surface area contributed by atoms with Crippen LogP contribution in [0.1, 0.15) is 50.4 Å². The minimum absolute atomic E-state index is 0.0520. The molecular formula is C16H21NO3. The molecule has 1 unspecified atom stereocenters. The van der Waals surface area contributed by atoms with E-state index in [1.165, 1.54) is 0 Å². The van der Waals surface area contributed by atoms with Gasteiger partial charge in [-0.25, -0.2) is 0 Å². The number of hydrogen-bond acceptors (Lipinski definition) is 3. The molecule has 1 heterocycles. The van der Waals surface area contributed by atoms with Gasteiger partial charge in [-0.3, -0.25) is 9.59 Å². The molecule has 1 aliphatic heterocycles. The molecule has 1 fully saturated rings. The van der Waals surface area contributed by atoms with Crippen LogP contribution in [0.25, 0.3) is 0 Å². The van der Waals surface area contributed by atoms with Crippen molar-refractivity contribution in [2.45, 2.75) is 51.7 Å². The molecule has 0 saturated carbocycles. The number of carbonyl (C=O) groups excluding carboxylic acids is 2. The molecule has 1 amide bonds. The van der Waals surface area contributed by atoms with E-state index in [1.807, 2.05) is 32.9 Å². The van der Waals surface area contributed by atoms with Gasteiger partial charge in [-0.1, -0.05) is 12.1 Å². The van der Waals surface area contributed by atoms with Gasteiger partial charge >= 0.3 is 0 Å². The van der Waals surface area contributed by atoms with Crippen molar-refractivity contribution < 1.29 is 14.3 Å². The topological polar surface area (TPSA) is 55.4 Å². The standard InChI is InChI=1S/C16H21NO3/c1-16(2,3)20-13-9-5-4-7-11(13)15(19)12-8-6-10-14(18)17-12/h4-5,7,9,12H,6,8,10H2,1-3H3,(H,17,18). The lowest BCUT2D eigenvalue weighted by Gasteiger charge is -2.26. The molecule has 0 spiro atoms. The first-order valence-corrected chi connectivity index (χ1v) is 6.98. The first-order chi connectivity index (χ1) is 9.37. The van der Waals surface area contributed by atoms with Crippen LogP contribution < -0.4 is 10.1 Å². The smallest absolute Gasteiger partial charge is 0.220 e. The Morgan fingerprint density at radius 3 is 2.65 bits per heavy atom. The molecule has 1 aromatic rings. The van der Waals surface area contributed by atoms with Crippen molar-refractivity contribution in [2.24, 2.45) is 0 Å². The Balaban J connectivity index is 2.23. The number of nitrogens with one attached hydrogen (secondary N) is 1. The average Bonchev–Trinajstić information content (AvgIpc) is 2.37. The van der Waals surface area contributed by atoms with Crippen molar-refractivity contribution in [3.05, 3.63) is 29.8 Å². The number of hydrogen-bond donors (Lipinski definition) is 1. The first kappa shape index (κ1) is 14.6. The van der Waals surface area contributed by atoms with E-state index in [-0.39, 0.29) is 17.3 Å². The molecule has 108 valence electrons. The second-order valence-electron chi connectivity index (χ2n) is 6.09. The first-order valence-electron chi connectivity index (χ1n) is 6.98. The molecule has 1 aliphatic rings. The van der Waals surface area contributed by atoms with Gasteiger partial charge in [0.2, 0.25) is 5.91 Å². The van der Waals surface area contributed by atoms with E-state index < -0.39 is 6.04 Å². The summed E-state index contributed by atoms with van der Waals surface area (Å²) >= 11 is 0. The van der Waals surface area contributed by atoms with Crippen LogP contribution in [0.15, 0.2) is 24.3 Å². The number of ketones is 1. The van der Waals surface area contributed by atoms with Gasteiger partial charge in [-0.2, -0.15) is 0 Å². The summed E-state index contributed by atoms with van der Waals surface area (Å²) in [5.74, 6) is 0.451. The SMILES string of the molecule is CC(C)(C)Oc1ccccc1C(=O)C1CCCC(=O)N1. The van der Waals surface area contributed by atoms with Gasteiger partial charge in [0.05, 0.1) is 11.6 Å². The largest absolute Gasteiger partial charge is 0.487 e. The summed E-state index contributed by atoms with van der Waals surface area (Å²) in [7, 11) is 0. The number of piperidine rings is 1. The molecule has 1 aromatic carbocycles. The predicted octanol–water partition coefficient (Wildman–Crippen LogP) is 2.72. The molecule has 0 aliphatic carbocycles. The fourth-order valence-corrected chi connectivity index (χ4v) is 2.28. The number of para-hydroxylation sites is 1. The molecule has 0 radical (unpaired) electrons. The van der Waals surface area contributed by atoms with Gasteiger partial charge in [0.1, 0.15) is 11.4 Å². The third-order valence-electron chi connectivity index (χ3n) is 3.12. The Hall–Kier alpha value is -1.84. The van der Waals surface area contributed by atoms with Gasteiger partial charge in [0, 0.05) is 6.42 Å². The van der Waals surface area contributed by atoms with Crippen LogP contribution in [-0.2, 0) is 4.79 Å². The molecule has 0 bridgehead atoms. The van der Waals surface area contributed by atoms with Gasteiger partial charge in [0.15, 0.2) is 5.78 Å². The molecule has 2 rings (SSSR count). The third kappa shape index (κ3) is 3.59. The molecule has 1 atom stereocenters. The highest BCUT2D eigenvalue weighted by Gasteiger charge is 2.28. The molecule has 1 N–H and O–H groups in total. The Morgan fingerprint density at radius 1 is 1.30 bits per heavy atom. The van der Waals surface area contributed by atoms with E-state index in [0.29, 0.717) is 24.2 Å². The van der Waals surface area contributed by atoms with E-state index in [2.05, 4.69) is 5.32 Å². The van der Waals surface area contributed by atoms with Crippen LogP contribution in [0.3, 0.4) is 0 Å².